The first-order valence-corrected chi connectivity index (χ1v) is 4.91. The van der Waals surface area contributed by atoms with Gasteiger partial charge in [0.1, 0.15) is 5.76 Å². The van der Waals surface area contributed by atoms with Crippen LogP contribution in [-0.4, -0.2) is 26.8 Å². The Bertz CT molecular complexity index is 555. The molecule has 0 unspecified atom stereocenters. The van der Waals surface area contributed by atoms with E-state index in [1.54, 1.807) is 23.9 Å². The quantitative estimate of drug-likeness (QED) is 0.617. The second-order valence-corrected chi connectivity index (χ2v) is 3.42. The molecule has 0 spiro atoms. The molecule has 2 heterocycles. The van der Waals surface area contributed by atoms with Gasteiger partial charge in [-0.15, -0.1) is 0 Å². The Morgan fingerprint density at radius 2 is 2.47 bits per heavy atom. The van der Waals surface area contributed by atoms with Crippen molar-refractivity contribution in [2.45, 2.75) is 6.92 Å². The molecule has 7 nitrogen and oxygen atoms in total. The summed E-state index contributed by atoms with van der Waals surface area (Å²) in [6.07, 6.45) is 4.87. The van der Waals surface area contributed by atoms with Crippen LogP contribution in [0.15, 0.2) is 28.1 Å². The van der Waals surface area contributed by atoms with Gasteiger partial charge in [0.25, 0.3) is 5.91 Å². The number of imidazole rings is 1. The third kappa shape index (κ3) is 2.57. The molecule has 1 amide bonds. The molecular weight excluding hydrogens is 222 g/mol. The molecule has 0 aliphatic heterocycles. The molecule has 0 aliphatic rings. The number of nitrogens with zero attached hydrogens (tertiary/aromatic N) is 4. The fraction of sp³-hybridized carbons (Fsp3) is 0.200. The molecule has 2 aromatic heterocycles. The molecule has 7 heteroatoms. The number of hydrazone groups is 1. The second kappa shape index (κ2) is 4.60. The summed E-state index contributed by atoms with van der Waals surface area (Å²) in [5, 5.41) is 7.34. The van der Waals surface area contributed by atoms with E-state index in [-0.39, 0.29) is 5.69 Å². The Kier molecular flexibility index (Phi) is 2.99. The minimum Gasteiger partial charge on any atom is -0.361 e. The van der Waals surface area contributed by atoms with Crippen molar-refractivity contribution in [3.8, 4) is 0 Å². The molecule has 0 radical (unpaired) electrons. The molecule has 2 aromatic rings. The summed E-state index contributed by atoms with van der Waals surface area (Å²) in [6.45, 7) is 1.71. The number of carbonyl (C=O) groups excluding carboxylic acids is 1. The highest BCUT2D eigenvalue weighted by atomic mass is 16.5. The van der Waals surface area contributed by atoms with Crippen LogP contribution in [0.2, 0.25) is 0 Å². The lowest BCUT2D eigenvalue weighted by molar-refractivity contribution is 0.0946. The fourth-order valence-corrected chi connectivity index (χ4v) is 1.18. The third-order valence-electron chi connectivity index (χ3n) is 2.07. The molecule has 0 aromatic carbocycles. The largest absolute Gasteiger partial charge is 0.361 e. The number of amides is 1. The predicted molar refractivity (Wildman–Crippen MR) is 59.5 cm³/mol. The van der Waals surface area contributed by atoms with Crippen LogP contribution in [0.3, 0.4) is 0 Å². The average Bonchev–Trinajstić information content (AvgIpc) is 2.88. The molecule has 88 valence electrons. The number of aryl methyl sites for hydroxylation is 2. The van der Waals surface area contributed by atoms with Crippen molar-refractivity contribution in [2.24, 2.45) is 12.1 Å². The predicted octanol–water partition coefficient (Wildman–Crippen LogP) is 0.480. The first kappa shape index (κ1) is 11.1. The highest BCUT2D eigenvalue weighted by Crippen LogP contribution is 2.00. The Hall–Kier alpha value is -2.44. The maximum absolute atomic E-state index is 11.5. The number of hydrogen-bond acceptors (Lipinski definition) is 5. The van der Waals surface area contributed by atoms with Crippen molar-refractivity contribution < 1.29 is 9.32 Å². The van der Waals surface area contributed by atoms with Crippen LogP contribution < -0.4 is 5.43 Å². The minimum atomic E-state index is -0.424. The van der Waals surface area contributed by atoms with E-state index in [2.05, 4.69) is 20.7 Å². The Balaban J connectivity index is 1.97. The highest BCUT2D eigenvalue weighted by molar-refractivity contribution is 5.92. The first-order chi connectivity index (χ1) is 8.16. The Morgan fingerprint density at radius 1 is 1.65 bits per heavy atom. The lowest BCUT2D eigenvalue weighted by Crippen LogP contribution is -2.18. The van der Waals surface area contributed by atoms with Gasteiger partial charge in [0.15, 0.2) is 11.5 Å². The van der Waals surface area contributed by atoms with Gasteiger partial charge in [0, 0.05) is 25.5 Å². The van der Waals surface area contributed by atoms with Crippen LogP contribution in [0.4, 0.5) is 0 Å². The number of nitrogens with one attached hydrogen (secondary N) is 1. The maximum Gasteiger partial charge on any atom is 0.293 e. The number of hydrogen-bond donors (Lipinski definition) is 1. The zero-order chi connectivity index (χ0) is 12.3. The zero-order valence-corrected chi connectivity index (χ0v) is 9.41. The van der Waals surface area contributed by atoms with Crippen molar-refractivity contribution in [2.75, 3.05) is 0 Å². The third-order valence-corrected chi connectivity index (χ3v) is 2.07. The van der Waals surface area contributed by atoms with Crippen LogP contribution in [-0.2, 0) is 7.05 Å². The van der Waals surface area contributed by atoms with Crippen LogP contribution >= 0.6 is 0 Å². The van der Waals surface area contributed by atoms with Crippen molar-refractivity contribution >= 4 is 12.1 Å². The van der Waals surface area contributed by atoms with E-state index in [0.29, 0.717) is 11.6 Å². The summed E-state index contributed by atoms with van der Waals surface area (Å²) < 4.78 is 6.55. The topological polar surface area (TPSA) is 85.3 Å². The number of rotatable bonds is 3. The molecule has 1 N–H and O–H groups in total. The van der Waals surface area contributed by atoms with Crippen LogP contribution in [0, 0.1) is 6.92 Å². The number of carbonyl (C=O) groups is 1. The summed E-state index contributed by atoms with van der Waals surface area (Å²) in [5.41, 5.74) is 2.53. The van der Waals surface area contributed by atoms with Gasteiger partial charge < -0.3 is 9.09 Å². The highest BCUT2D eigenvalue weighted by Gasteiger charge is 2.09. The maximum atomic E-state index is 11.5. The van der Waals surface area contributed by atoms with Crippen molar-refractivity contribution in [1.82, 2.24) is 20.1 Å². The standard InChI is InChI=1S/C10H11N5O2/c1-7-5-8(14-17-7)10(16)13-12-6-9-11-3-4-15(9)2/h3-6H,1-2H3,(H,13,16)/b12-6+. The smallest absolute Gasteiger partial charge is 0.293 e. The molecular formula is C10H11N5O2. The van der Waals surface area contributed by atoms with E-state index in [4.69, 9.17) is 4.52 Å². The second-order valence-electron chi connectivity index (χ2n) is 3.42. The molecule has 0 fully saturated rings. The normalized spacial score (nSPS) is 10.9. The average molecular weight is 233 g/mol. The van der Waals surface area contributed by atoms with Crippen LogP contribution in [0.5, 0.6) is 0 Å². The van der Waals surface area contributed by atoms with Gasteiger partial charge >= 0.3 is 0 Å². The Labute approximate surface area is 97.1 Å². The SMILES string of the molecule is Cc1cc(C(=O)N/N=C/c2nccn2C)no1. The van der Waals surface area contributed by atoms with Gasteiger partial charge in [0.05, 0.1) is 6.21 Å². The molecule has 17 heavy (non-hydrogen) atoms. The van der Waals surface area contributed by atoms with Gasteiger partial charge in [-0.05, 0) is 6.92 Å². The lowest BCUT2D eigenvalue weighted by Gasteiger charge is -1.94. The molecule has 2 rings (SSSR count). The molecule has 0 saturated carbocycles. The summed E-state index contributed by atoms with van der Waals surface area (Å²) in [5.74, 6) is 0.789. The Morgan fingerprint density at radius 3 is 3.06 bits per heavy atom. The van der Waals surface area contributed by atoms with Crippen LogP contribution in [0.1, 0.15) is 22.1 Å². The van der Waals surface area contributed by atoms with Gasteiger partial charge in [-0.25, -0.2) is 10.4 Å². The fourth-order valence-electron chi connectivity index (χ4n) is 1.18. The van der Waals surface area contributed by atoms with E-state index >= 15 is 0 Å². The van der Waals surface area contributed by atoms with Crippen molar-refractivity contribution in [1.29, 1.82) is 0 Å². The van der Waals surface area contributed by atoms with Crippen LogP contribution in [0.25, 0.3) is 0 Å². The summed E-state index contributed by atoms with van der Waals surface area (Å²) in [7, 11) is 1.83. The van der Waals surface area contributed by atoms with Gasteiger partial charge in [-0.1, -0.05) is 5.16 Å². The molecule has 0 saturated heterocycles. The summed E-state index contributed by atoms with van der Waals surface area (Å²) in [4.78, 5) is 15.5. The molecule has 0 atom stereocenters. The van der Waals surface area contributed by atoms with E-state index in [1.807, 2.05) is 7.05 Å². The zero-order valence-electron chi connectivity index (χ0n) is 9.41. The van der Waals surface area contributed by atoms with E-state index in [0.717, 1.165) is 0 Å². The number of aromatic nitrogens is 3. The summed E-state index contributed by atoms with van der Waals surface area (Å²) >= 11 is 0. The first-order valence-electron chi connectivity index (χ1n) is 4.91. The molecule has 0 bridgehead atoms. The van der Waals surface area contributed by atoms with E-state index < -0.39 is 5.91 Å². The van der Waals surface area contributed by atoms with E-state index in [9.17, 15) is 4.79 Å². The lowest BCUT2D eigenvalue weighted by atomic mass is 10.4. The van der Waals surface area contributed by atoms with Crippen molar-refractivity contribution in [3.63, 3.8) is 0 Å². The van der Waals surface area contributed by atoms with Gasteiger partial charge in [-0.2, -0.15) is 5.10 Å². The molecule has 0 aliphatic carbocycles. The minimum absolute atomic E-state index is 0.194. The van der Waals surface area contributed by atoms with Gasteiger partial charge in [0.2, 0.25) is 0 Å². The monoisotopic (exact) mass is 233 g/mol. The summed E-state index contributed by atoms with van der Waals surface area (Å²) in [6, 6.07) is 1.53. The van der Waals surface area contributed by atoms with Crippen molar-refractivity contribution in [3.05, 3.63) is 35.7 Å². The van der Waals surface area contributed by atoms with Gasteiger partial charge in [-0.3, -0.25) is 4.79 Å². The van der Waals surface area contributed by atoms with E-state index in [1.165, 1.54) is 12.3 Å².